The van der Waals surface area contributed by atoms with Crippen LogP contribution in [0.25, 0.3) is 10.8 Å². The number of piperazine rings is 1. The van der Waals surface area contributed by atoms with Gasteiger partial charge in [-0.1, -0.05) is 35.6 Å². The lowest BCUT2D eigenvalue weighted by Gasteiger charge is -2.34. The third kappa shape index (κ3) is 3.97. The van der Waals surface area contributed by atoms with Gasteiger partial charge in [0, 0.05) is 56.7 Å². The number of carbonyl (C=O) groups excluding carboxylic acids is 1. The summed E-state index contributed by atoms with van der Waals surface area (Å²) in [5.74, 6) is -0.613. The van der Waals surface area contributed by atoms with Crippen LogP contribution in [0.3, 0.4) is 0 Å². The second-order valence-electron chi connectivity index (χ2n) is 7.36. The molecule has 2 N–H and O–H groups in total. The van der Waals surface area contributed by atoms with Gasteiger partial charge in [-0.3, -0.25) is 10.0 Å². The fourth-order valence-corrected chi connectivity index (χ4v) is 6.20. The Kier molecular flexibility index (Phi) is 5.84. The largest absolute Gasteiger partial charge is 0.377 e. The molecule has 2 aromatic carbocycles. The molecule has 9 nitrogen and oxygen atoms in total. The van der Waals surface area contributed by atoms with E-state index in [9.17, 15) is 13.2 Å². The van der Waals surface area contributed by atoms with Crippen LogP contribution < -0.4 is 15.3 Å². The molecule has 2 heterocycles. The highest BCUT2D eigenvalue weighted by Crippen LogP contribution is 2.32. The molecule has 1 saturated heterocycles. The van der Waals surface area contributed by atoms with Crippen LogP contribution in [0.5, 0.6) is 0 Å². The van der Waals surface area contributed by atoms with E-state index in [2.05, 4.69) is 4.98 Å². The Hall–Kier alpha value is -2.73. The first-order valence-corrected chi connectivity index (χ1v) is 11.9. The summed E-state index contributed by atoms with van der Waals surface area (Å²) < 4.78 is 28.4. The Labute approximate surface area is 184 Å². The molecule has 0 spiro atoms. The summed E-state index contributed by atoms with van der Waals surface area (Å²) in [7, 11) is 0.193. The molecule has 3 aromatic rings. The molecule has 1 fully saturated rings. The number of nitrogens with one attached hydrogen (secondary N) is 1. The molecule has 0 aliphatic carbocycles. The number of thiazole rings is 1. The molecule has 31 heavy (non-hydrogen) atoms. The highest BCUT2D eigenvalue weighted by molar-refractivity contribution is 7.89. The SMILES string of the molecule is CN(C)c1cccc2c(S(=O)(=O)N3CCN(c4ncc(C(=O)NO)s4)CC3)cccc12. The Morgan fingerprint density at radius 2 is 1.77 bits per heavy atom. The van der Waals surface area contributed by atoms with Gasteiger partial charge in [-0.05, 0) is 12.1 Å². The van der Waals surface area contributed by atoms with E-state index in [1.807, 2.05) is 48.2 Å². The number of rotatable bonds is 5. The number of carbonyl (C=O) groups is 1. The number of aromatic nitrogens is 1. The standard InChI is InChI=1S/C20H23N5O4S2/c1-23(2)16-7-3-6-15-14(16)5-4-8-18(15)31(28,29)25-11-9-24(10-12-25)20-21-13-17(30-20)19(26)22-27/h3-8,13,27H,9-12H2,1-2H3,(H,22,26). The van der Waals surface area contributed by atoms with E-state index >= 15 is 0 Å². The van der Waals surface area contributed by atoms with Crippen LogP contribution in [-0.4, -0.2) is 69.1 Å². The Bertz CT molecular complexity index is 1220. The minimum atomic E-state index is -3.67. The minimum absolute atomic E-state index is 0.292. The number of sulfonamides is 1. The zero-order chi connectivity index (χ0) is 22.2. The predicted molar refractivity (Wildman–Crippen MR) is 121 cm³/mol. The van der Waals surface area contributed by atoms with Crippen molar-refractivity contribution in [3.8, 4) is 0 Å². The molecule has 0 radical (unpaired) electrons. The van der Waals surface area contributed by atoms with Gasteiger partial charge in [0.25, 0.3) is 5.91 Å². The van der Waals surface area contributed by atoms with Gasteiger partial charge in [-0.15, -0.1) is 0 Å². The van der Waals surface area contributed by atoms with Crippen LogP contribution in [0.1, 0.15) is 9.67 Å². The first-order valence-electron chi connectivity index (χ1n) is 9.67. The van der Waals surface area contributed by atoms with Crippen molar-refractivity contribution in [1.82, 2.24) is 14.8 Å². The van der Waals surface area contributed by atoms with Crippen LogP contribution in [-0.2, 0) is 10.0 Å². The van der Waals surface area contributed by atoms with Gasteiger partial charge in [0.1, 0.15) is 4.88 Å². The molecule has 0 bridgehead atoms. The molecule has 11 heteroatoms. The molecular formula is C20H23N5O4S2. The molecule has 0 saturated carbocycles. The molecule has 1 amide bonds. The van der Waals surface area contributed by atoms with Gasteiger partial charge in [0.05, 0.1) is 11.1 Å². The summed E-state index contributed by atoms with van der Waals surface area (Å²) in [4.78, 5) is 20.3. The van der Waals surface area contributed by atoms with Gasteiger partial charge in [0.2, 0.25) is 10.0 Å². The molecule has 1 aliphatic heterocycles. The number of hydrogen-bond donors (Lipinski definition) is 2. The summed E-state index contributed by atoms with van der Waals surface area (Å²) >= 11 is 1.15. The fourth-order valence-electron chi connectivity index (χ4n) is 3.71. The quantitative estimate of drug-likeness (QED) is 0.442. The molecule has 4 rings (SSSR count). The topological polar surface area (TPSA) is 106 Å². The van der Waals surface area contributed by atoms with E-state index in [0.717, 1.165) is 22.4 Å². The smallest absolute Gasteiger partial charge is 0.286 e. The second-order valence-corrected chi connectivity index (χ2v) is 10.3. The van der Waals surface area contributed by atoms with E-state index in [1.165, 1.54) is 10.5 Å². The molecular weight excluding hydrogens is 438 g/mol. The lowest BCUT2D eigenvalue weighted by atomic mass is 10.1. The van der Waals surface area contributed by atoms with Crippen molar-refractivity contribution in [2.75, 3.05) is 50.1 Å². The number of hydrogen-bond acceptors (Lipinski definition) is 8. The van der Waals surface area contributed by atoms with Crippen molar-refractivity contribution in [2.24, 2.45) is 0 Å². The van der Waals surface area contributed by atoms with Crippen molar-refractivity contribution >= 4 is 48.9 Å². The van der Waals surface area contributed by atoms with Crippen LogP contribution in [0.15, 0.2) is 47.5 Å². The molecule has 1 aromatic heterocycles. The summed E-state index contributed by atoms with van der Waals surface area (Å²) in [5, 5.41) is 11.0. The zero-order valence-corrected chi connectivity index (χ0v) is 18.8. The van der Waals surface area contributed by atoms with Gasteiger partial charge in [-0.2, -0.15) is 4.31 Å². The highest BCUT2D eigenvalue weighted by Gasteiger charge is 2.31. The predicted octanol–water partition coefficient (Wildman–Crippen LogP) is 1.99. The van der Waals surface area contributed by atoms with Crippen molar-refractivity contribution in [2.45, 2.75) is 4.90 Å². The number of amides is 1. The number of anilines is 2. The molecule has 1 aliphatic rings. The summed E-state index contributed by atoms with van der Waals surface area (Å²) in [6.07, 6.45) is 1.40. The number of fused-ring (bicyclic) bond motifs is 1. The third-order valence-electron chi connectivity index (χ3n) is 5.29. The average molecular weight is 462 g/mol. The van der Waals surface area contributed by atoms with Crippen LogP contribution in [0, 0.1) is 0 Å². The fraction of sp³-hybridized carbons (Fsp3) is 0.300. The van der Waals surface area contributed by atoms with Crippen molar-refractivity contribution in [3.05, 3.63) is 47.5 Å². The Balaban J connectivity index is 1.57. The molecule has 0 atom stereocenters. The first kappa shape index (κ1) is 21.5. The second kappa shape index (κ2) is 8.42. The highest BCUT2D eigenvalue weighted by atomic mass is 32.2. The Morgan fingerprint density at radius 1 is 1.10 bits per heavy atom. The monoisotopic (exact) mass is 461 g/mol. The maximum Gasteiger partial charge on any atom is 0.286 e. The summed E-state index contributed by atoms with van der Waals surface area (Å²) in [5.41, 5.74) is 2.55. The molecule has 164 valence electrons. The van der Waals surface area contributed by atoms with E-state index in [4.69, 9.17) is 5.21 Å². The summed E-state index contributed by atoms with van der Waals surface area (Å²) in [6.45, 7) is 1.54. The number of hydroxylamine groups is 1. The van der Waals surface area contributed by atoms with E-state index in [0.29, 0.717) is 46.5 Å². The lowest BCUT2D eigenvalue weighted by molar-refractivity contribution is 0.0710. The van der Waals surface area contributed by atoms with Crippen molar-refractivity contribution in [1.29, 1.82) is 0 Å². The first-order chi connectivity index (χ1) is 14.8. The maximum absolute atomic E-state index is 13.5. The van der Waals surface area contributed by atoms with Crippen LogP contribution in [0.4, 0.5) is 10.8 Å². The minimum Gasteiger partial charge on any atom is -0.377 e. The van der Waals surface area contributed by atoms with Gasteiger partial charge < -0.3 is 9.80 Å². The van der Waals surface area contributed by atoms with E-state index in [1.54, 1.807) is 17.6 Å². The van der Waals surface area contributed by atoms with Gasteiger partial charge >= 0.3 is 0 Å². The number of benzene rings is 2. The van der Waals surface area contributed by atoms with Gasteiger partial charge in [0.15, 0.2) is 5.13 Å². The van der Waals surface area contributed by atoms with Crippen LogP contribution >= 0.6 is 11.3 Å². The van der Waals surface area contributed by atoms with E-state index < -0.39 is 15.9 Å². The lowest BCUT2D eigenvalue weighted by Crippen LogP contribution is -2.48. The van der Waals surface area contributed by atoms with Crippen molar-refractivity contribution in [3.63, 3.8) is 0 Å². The Morgan fingerprint density at radius 3 is 2.45 bits per heavy atom. The average Bonchev–Trinajstić information content (AvgIpc) is 3.28. The normalized spacial score (nSPS) is 15.3. The summed E-state index contributed by atoms with van der Waals surface area (Å²) in [6, 6.07) is 11.1. The number of nitrogens with zero attached hydrogens (tertiary/aromatic N) is 4. The maximum atomic E-state index is 13.5. The van der Waals surface area contributed by atoms with Crippen molar-refractivity contribution < 1.29 is 18.4 Å². The third-order valence-corrected chi connectivity index (χ3v) is 8.30. The van der Waals surface area contributed by atoms with E-state index in [-0.39, 0.29) is 0 Å². The molecule has 0 unspecified atom stereocenters. The van der Waals surface area contributed by atoms with Crippen LogP contribution in [0.2, 0.25) is 0 Å². The zero-order valence-electron chi connectivity index (χ0n) is 17.1. The van der Waals surface area contributed by atoms with Gasteiger partial charge in [-0.25, -0.2) is 18.9 Å².